The van der Waals surface area contributed by atoms with Crippen LogP contribution in [0.3, 0.4) is 0 Å². The van der Waals surface area contributed by atoms with Crippen molar-refractivity contribution in [1.29, 1.82) is 0 Å². The van der Waals surface area contributed by atoms with Gasteiger partial charge in [0, 0.05) is 0 Å². The average molecular weight is 230 g/mol. The SMILES string of the molecule is CCC(CCNCCCN)CNCCCN. The quantitative estimate of drug-likeness (QED) is 0.363. The minimum absolute atomic E-state index is 0.781. The summed E-state index contributed by atoms with van der Waals surface area (Å²) in [4.78, 5) is 0. The van der Waals surface area contributed by atoms with Gasteiger partial charge in [-0.15, -0.1) is 0 Å². The Hall–Kier alpha value is -0.160. The fourth-order valence-electron chi connectivity index (χ4n) is 1.64. The van der Waals surface area contributed by atoms with Crippen molar-refractivity contribution in [2.75, 3.05) is 39.3 Å². The molecule has 0 aliphatic heterocycles. The Balaban J connectivity index is 3.29. The van der Waals surface area contributed by atoms with Gasteiger partial charge in [0.25, 0.3) is 0 Å². The molecule has 0 aromatic rings. The third kappa shape index (κ3) is 10.4. The summed E-state index contributed by atoms with van der Waals surface area (Å²) in [7, 11) is 0. The first kappa shape index (κ1) is 15.8. The van der Waals surface area contributed by atoms with Crippen LogP contribution < -0.4 is 22.1 Å². The fraction of sp³-hybridized carbons (Fsp3) is 1.00. The smallest absolute Gasteiger partial charge is 0.00201 e. The van der Waals surface area contributed by atoms with E-state index in [1.807, 2.05) is 0 Å². The van der Waals surface area contributed by atoms with Gasteiger partial charge in [-0.05, 0) is 64.4 Å². The van der Waals surface area contributed by atoms with Gasteiger partial charge in [-0.1, -0.05) is 13.3 Å². The van der Waals surface area contributed by atoms with Gasteiger partial charge in [-0.25, -0.2) is 0 Å². The topological polar surface area (TPSA) is 76.1 Å². The second-order valence-electron chi connectivity index (χ2n) is 4.30. The van der Waals surface area contributed by atoms with Crippen molar-refractivity contribution in [2.45, 2.75) is 32.6 Å². The van der Waals surface area contributed by atoms with Gasteiger partial charge < -0.3 is 22.1 Å². The van der Waals surface area contributed by atoms with E-state index in [1.165, 1.54) is 12.8 Å². The Labute approximate surface area is 101 Å². The highest BCUT2D eigenvalue weighted by Gasteiger charge is 2.04. The zero-order valence-corrected chi connectivity index (χ0v) is 10.8. The van der Waals surface area contributed by atoms with Crippen LogP contribution in [0.5, 0.6) is 0 Å². The highest BCUT2D eigenvalue weighted by Crippen LogP contribution is 2.05. The normalized spacial score (nSPS) is 12.9. The molecule has 1 atom stereocenters. The van der Waals surface area contributed by atoms with E-state index >= 15 is 0 Å². The Bertz CT molecular complexity index is 130. The number of nitrogens with one attached hydrogen (secondary N) is 2. The molecule has 1 unspecified atom stereocenters. The van der Waals surface area contributed by atoms with Crippen LogP contribution in [-0.2, 0) is 0 Å². The molecule has 0 amide bonds. The van der Waals surface area contributed by atoms with Crippen LogP contribution in [0.4, 0.5) is 0 Å². The molecular weight excluding hydrogens is 200 g/mol. The number of hydrogen-bond donors (Lipinski definition) is 4. The molecule has 0 spiro atoms. The van der Waals surface area contributed by atoms with Crippen LogP contribution in [0.25, 0.3) is 0 Å². The van der Waals surface area contributed by atoms with Crippen molar-refractivity contribution in [3.63, 3.8) is 0 Å². The monoisotopic (exact) mass is 230 g/mol. The molecule has 0 aromatic carbocycles. The van der Waals surface area contributed by atoms with Crippen molar-refractivity contribution >= 4 is 0 Å². The molecule has 0 saturated heterocycles. The third-order valence-corrected chi connectivity index (χ3v) is 2.86. The van der Waals surface area contributed by atoms with Crippen LogP contribution in [0.2, 0.25) is 0 Å². The molecule has 98 valence electrons. The van der Waals surface area contributed by atoms with E-state index < -0.39 is 0 Å². The van der Waals surface area contributed by atoms with Gasteiger partial charge in [0.15, 0.2) is 0 Å². The van der Waals surface area contributed by atoms with E-state index in [2.05, 4.69) is 17.6 Å². The second kappa shape index (κ2) is 12.9. The number of nitrogens with two attached hydrogens (primary N) is 2. The Morgan fingerprint density at radius 3 is 2.12 bits per heavy atom. The van der Waals surface area contributed by atoms with E-state index in [0.717, 1.165) is 58.0 Å². The van der Waals surface area contributed by atoms with E-state index in [9.17, 15) is 0 Å². The minimum Gasteiger partial charge on any atom is -0.330 e. The average Bonchev–Trinajstić information content (AvgIpc) is 2.31. The van der Waals surface area contributed by atoms with E-state index in [1.54, 1.807) is 0 Å². The highest BCUT2D eigenvalue weighted by molar-refractivity contribution is 4.63. The maximum absolute atomic E-state index is 5.44. The Morgan fingerprint density at radius 2 is 1.56 bits per heavy atom. The van der Waals surface area contributed by atoms with Gasteiger partial charge in [-0.2, -0.15) is 0 Å². The lowest BCUT2D eigenvalue weighted by Gasteiger charge is -2.16. The van der Waals surface area contributed by atoms with Crippen LogP contribution >= 0.6 is 0 Å². The molecule has 0 aliphatic carbocycles. The van der Waals surface area contributed by atoms with Gasteiger partial charge in [0.05, 0.1) is 0 Å². The molecule has 0 saturated carbocycles. The summed E-state index contributed by atoms with van der Waals surface area (Å²) in [5, 5.41) is 6.89. The van der Waals surface area contributed by atoms with Crippen LogP contribution in [-0.4, -0.2) is 39.3 Å². The molecule has 0 fully saturated rings. The summed E-state index contributed by atoms with van der Waals surface area (Å²) in [6.45, 7) is 8.15. The minimum atomic E-state index is 0.781. The van der Waals surface area contributed by atoms with E-state index in [-0.39, 0.29) is 0 Å². The lowest BCUT2D eigenvalue weighted by molar-refractivity contribution is 0.420. The maximum Gasteiger partial charge on any atom is -0.00201 e. The highest BCUT2D eigenvalue weighted by atomic mass is 14.9. The standard InChI is InChI=1S/C12H30N4/c1-2-12(11-16-9-4-7-14)5-10-15-8-3-6-13/h12,15-16H,2-11,13-14H2,1H3. The summed E-state index contributed by atoms with van der Waals surface area (Å²) in [5.74, 6) is 0.781. The van der Waals surface area contributed by atoms with Gasteiger partial charge >= 0.3 is 0 Å². The molecule has 0 heterocycles. The Kier molecular flexibility index (Phi) is 12.8. The van der Waals surface area contributed by atoms with Gasteiger partial charge in [-0.3, -0.25) is 0 Å². The van der Waals surface area contributed by atoms with Crippen molar-refractivity contribution < 1.29 is 0 Å². The zero-order chi connectivity index (χ0) is 12.1. The lowest BCUT2D eigenvalue weighted by atomic mass is 10.0. The number of rotatable bonds is 12. The van der Waals surface area contributed by atoms with Gasteiger partial charge in [0.2, 0.25) is 0 Å². The van der Waals surface area contributed by atoms with E-state index in [4.69, 9.17) is 11.5 Å². The molecule has 0 bridgehead atoms. The maximum atomic E-state index is 5.44. The first-order valence-corrected chi connectivity index (χ1v) is 6.66. The van der Waals surface area contributed by atoms with Crippen molar-refractivity contribution in [1.82, 2.24) is 10.6 Å². The lowest BCUT2D eigenvalue weighted by Crippen LogP contribution is -2.28. The number of hydrogen-bond acceptors (Lipinski definition) is 4. The fourth-order valence-corrected chi connectivity index (χ4v) is 1.64. The van der Waals surface area contributed by atoms with E-state index in [0.29, 0.717) is 0 Å². The van der Waals surface area contributed by atoms with Crippen molar-refractivity contribution in [3.8, 4) is 0 Å². The molecule has 16 heavy (non-hydrogen) atoms. The van der Waals surface area contributed by atoms with Crippen LogP contribution in [0, 0.1) is 5.92 Å². The third-order valence-electron chi connectivity index (χ3n) is 2.86. The first-order chi connectivity index (χ1) is 7.85. The van der Waals surface area contributed by atoms with Crippen molar-refractivity contribution in [2.24, 2.45) is 17.4 Å². The molecule has 0 aliphatic rings. The second-order valence-corrected chi connectivity index (χ2v) is 4.30. The largest absolute Gasteiger partial charge is 0.330 e. The molecular formula is C12H30N4. The molecule has 4 nitrogen and oxygen atoms in total. The summed E-state index contributed by atoms with van der Waals surface area (Å²) in [5.41, 5.74) is 10.9. The predicted molar refractivity (Wildman–Crippen MR) is 71.5 cm³/mol. The molecule has 4 heteroatoms. The van der Waals surface area contributed by atoms with Crippen LogP contribution in [0.1, 0.15) is 32.6 Å². The first-order valence-electron chi connectivity index (χ1n) is 6.66. The summed E-state index contributed by atoms with van der Waals surface area (Å²) in [6.07, 6.45) is 4.64. The zero-order valence-electron chi connectivity index (χ0n) is 10.8. The molecule has 6 N–H and O–H groups in total. The molecule has 0 rings (SSSR count). The van der Waals surface area contributed by atoms with Crippen molar-refractivity contribution in [3.05, 3.63) is 0 Å². The van der Waals surface area contributed by atoms with Crippen LogP contribution in [0.15, 0.2) is 0 Å². The van der Waals surface area contributed by atoms with Gasteiger partial charge in [0.1, 0.15) is 0 Å². The Morgan fingerprint density at radius 1 is 0.938 bits per heavy atom. The summed E-state index contributed by atoms with van der Waals surface area (Å²) >= 11 is 0. The predicted octanol–water partition coefficient (Wildman–Crippen LogP) is 0.280. The summed E-state index contributed by atoms with van der Waals surface area (Å²) in [6, 6.07) is 0. The molecule has 0 radical (unpaired) electrons. The molecule has 0 aromatic heterocycles. The summed E-state index contributed by atoms with van der Waals surface area (Å²) < 4.78 is 0.